The van der Waals surface area contributed by atoms with Crippen molar-refractivity contribution in [2.24, 2.45) is 16.6 Å². The molecule has 0 amide bonds. The Morgan fingerprint density at radius 2 is 1.75 bits per heavy atom. The molecule has 3 heteroatoms. The van der Waals surface area contributed by atoms with Gasteiger partial charge in [-0.25, -0.2) is 0 Å². The maximum atomic E-state index is 6.57. The first-order chi connectivity index (χ1) is 7.71. The third-order valence-electron chi connectivity index (χ3n) is 5.52. The average Bonchev–Trinajstić information content (AvgIpc) is 2.55. The normalized spacial score (nSPS) is 36.8. The summed E-state index contributed by atoms with van der Waals surface area (Å²) in [4.78, 5) is 2.56. The smallest absolute Gasteiger partial charge is 0.0559 e. The van der Waals surface area contributed by atoms with E-state index < -0.39 is 0 Å². The highest BCUT2D eigenvalue weighted by Gasteiger charge is 2.58. The molecule has 3 rings (SSSR count). The zero-order valence-electron chi connectivity index (χ0n) is 10.4. The molecule has 1 saturated carbocycles. The van der Waals surface area contributed by atoms with Crippen LogP contribution in [0.25, 0.3) is 0 Å². The Morgan fingerprint density at radius 1 is 1.12 bits per heavy atom. The third-order valence-corrected chi connectivity index (χ3v) is 5.52. The molecular formula is C13H24N2O. The van der Waals surface area contributed by atoms with E-state index in [4.69, 9.17) is 10.5 Å². The van der Waals surface area contributed by atoms with Crippen LogP contribution in [0.4, 0.5) is 0 Å². The molecule has 16 heavy (non-hydrogen) atoms. The zero-order valence-corrected chi connectivity index (χ0v) is 10.4. The van der Waals surface area contributed by atoms with Crippen LogP contribution in [0.15, 0.2) is 0 Å². The number of piperidine rings is 1. The molecule has 92 valence electrons. The Bertz CT molecular complexity index is 267. The summed E-state index contributed by atoms with van der Waals surface area (Å²) in [6, 6.07) is 0.396. The van der Waals surface area contributed by atoms with E-state index in [2.05, 4.69) is 11.8 Å². The lowest BCUT2D eigenvalue weighted by molar-refractivity contribution is -0.126. The molecule has 0 aromatic rings. The maximum absolute atomic E-state index is 6.57. The van der Waals surface area contributed by atoms with Crippen molar-refractivity contribution in [1.29, 1.82) is 0 Å². The van der Waals surface area contributed by atoms with Gasteiger partial charge in [-0.3, -0.25) is 0 Å². The van der Waals surface area contributed by atoms with E-state index >= 15 is 0 Å². The summed E-state index contributed by atoms with van der Waals surface area (Å²) < 4.78 is 5.42. The van der Waals surface area contributed by atoms with Gasteiger partial charge >= 0.3 is 0 Å². The topological polar surface area (TPSA) is 38.5 Å². The van der Waals surface area contributed by atoms with Crippen molar-refractivity contribution in [1.82, 2.24) is 4.90 Å². The van der Waals surface area contributed by atoms with Gasteiger partial charge in [0.05, 0.1) is 13.2 Å². The first kappa shape index (κ1) is 11.0. The van der Waals surface area contributed by atoms with Gasteiger partial charge in [0.2, 0.25) is 0 Å². The van der Waals surface area contributed by atoms with Crippen LogP contribution in [0.2, 0.25) is 0 Å². The molecule has 3 nitrogen and oxygen atoms in total. The van der Waals surface area contributed by atoms with Crippen LogP contribution in [0.5, 0.6) is 0 Å². The molecule has 0 unspecified atom stereocenters. The van der Waals surface area contributed by atoms with Crippen molar-refractivity contribution in [3.05, 3.63) is 0 Å². The highest BCUT2D eigenvalue weighted by Crippen LogP contribution is 2.56. The molecule has 3 fully saturated rings. The number of rotatable bonds is 1. The van der Waals surface area contributed by atoms with Gasteiger partial charge in [0.15, 0.2) is 0 Å². The second-order valence-electron chi connectivity index (χ2n) is 6.13. The van der Waals surface area contributed by atoms with Crippen LogP contribution in [-0.2, 0) is 4.74 Å². The molecule has 1 atom stereocenters. The molecule has 1 aliphatic carbocycles. The number of hydrogen-bond acceptors (Lipinski definition) is 3. The second-order valence-corrected chi connectivity index (χ2v) is 6.13. The largest absolute Gasteiger partial charge is 0.380 e. The van der Waals surface area contributed by atoms with E-state index in [0.29, 0.717) is 16.9 Å². The van der Waals surface area contributed by atoms with Gasteiger partial charge in [-0.05, 0) is 50.7 Å². The monoisotopic (exact) mass is 224 g/mol. The SMILES string of the molecule is CCN1CCC2(CC1)CCC1(COC1)[C@H]2N. The molecule has 2 heterocycles. The minimum Gasteiger partial charge on any atom is -0.380 e. The molecule has 0 aromatic heterocycles. The predicted octanol–water partition coefficient (Wildman–Crippen LogP) is 1.23. The summed E-state index contributed by atoms with van der Waals surface area (Å²) in [6.45, 7) is 7.80. The van der Waals surface area contributed by atoms with Gasteiger partial charge in [0, 0.05) is 11.5 Å². The minimum atomic E-state index is 0.369. The highest BCUT2D eigenvalue weighted by molar-refractivity contribution is 5.11. The van der Waals surface area contributed by atoms with Crippen LogP contribution in [-0.4, -0.2) is 43.8 Å². The molecule has 0 radical (unpaired) electrons. The lowest BCUT2D eigenvalue weighted by Gasteiger charge is -2.48. The van der Waals surface area contributed by atoms with Gasteiger partial charge in [-0.1, -0.05) is 6.92 Å². The van der Waals surface area contributed by atoms with Crippen molar-refractivity contribution in [2.45, 2.75) is 38.6 Å². The maximum Gasteiger partial charge on any atom is 0.0559 e. The van der Waals surface area contributed by atoms with Gasteiger partial charge in [-0.2, -0.15) is 0 Å². The first-order valence-electron chi connectivity index (χ1n) is 6.77. The van der Waals surface area contributed by atoms with Crippen LogP contribution < -0.4 is 5.73 Å². The highest BCUT2D eigenvalue weighted by atomic mass is 16.5. The molecule has 3 aliphatic rings. The molecule has 0 bridgehead atoms. The van der Waals surface area contributed by atoms with E-state index in [0.717, 1.165) is 13.2 Å². The van der Waals surface area contributed by atoms with Gasteiger partial charge in [0.1, 0.15) is 0 Å². The number of likely N-dealkylation sites (tertiary alicyclic amines) is 1. The molecule has 2 N–H and O–H groups in total. The second kappa shape index (κ2) is 3.69. The number of nitrogens with two attached hydrogens (primary N) is 1. The lowest BCUT2D eigenvalue weighted by atomic mass is 9.69. The van der Waals surface area contributed by atoms with E-state index in [9.17, 15) is 0 Å². The standard InChI is InChI=1S/C13H24N2O/c1-2-15-7-5-12(6-8-15)3-4-13(11(12)14)9-16-10-13/h11H,2-10,14H2,1H3/t11-/m0/s1. The summed E-state index contributed by atoms with van der Waals surface area (Å²) in [5.74, 6) is 0. The number of ether oxygens (including phenoxy) is 1. The predicted molar refractivity (Wildman–Crippen MR) is 64.2 cm³/mol. The lowest BCUT2D eigenvalue weighted by Crippen LogP contribution is -2.58. The summed E-state index contributed by atoms with van der Waals surface area (Å²) in [7, 11) is 0. The summed E-state index contributed by atoms with van der Waals surface area (Å²) in [6.07, 6.45) is 5.27. The van der Waals surface area contributed by atoms with E-state index in [-0.39, 0.29) is 0 Å². The zero-order chi connectivity index (χ0) is 11.2. The fourth-order valence-electron chi connectivity index (χ4n) is 4.02. The molecule has 0 aromatic carbocycles. The Morgan fingerprint density at radius 3 is 2.19 bits per heavy atom. The molecule has 2 spiro atoms. The van der Waals surface area contributed by atoms with Crippen LogP contribution >= 0.6 is 0 Å². The number of hydrogen-bond donors (Lipinski definition) is 1. The summed E-state index contributed by atoms with van der Waals surface area (Å²) >= 11 is 0. The van der Waals surface area contributed by atoms with Crippen LogP contribution in [0, 0.1) is 10.8 Å². The Labute approximate surface area is 98.3 Å². The minimum absolute atomic E-state index is 0.369. The Hall–Kier alpha value is -0.120. The van der Waals surface area contributed by atoms with Gasteiger partial charge < -0.3 is 15.4 Å². The van der Waals surface area contributed by atoms with Crippen LogP contribution in [0.1, 0.15) is 32.6 Å². The third kappa shape index (κ3) is 1.38. The summed E-state index contributed by atoms with van der Waals surface area (Å²) in [5.41, 5.74) is 7.40. The van der Waals surface area contributed by atoms with Gasteiger partial charge in [-0.15, -0.1) is 0 Å². The van der Waals surface area contributed by atoms with Crippen molar-refractivity contribution >= 4 is 0 Å². The molecular weight excluding hydrogens is 200 g/mol. The quantitative estimate of drug-likeness (QED) is 0.728. The van der Waals surface area contributed by atoms with Crippen molar-refractivity contribution < 1.29 is 4.74 Å². The van der Waals surface area contributed by atoms with Gasteiger partial charge in [0.25, 0.3) is 0 Å². The Balaban J connectivity index is 1.71. The summed E-state index contributed by atoms with van der Waals surface area (Å²) in [5, 5.41) is 0. The van der Waals surface area contributed by atoms with E-state index in [1.54, 1.807) is 0 Å². The number of nitrogens with zero attached hydrogens (tertiary/aromatic N) is 1. The first-order valence-corrected chi connectivity index (χ1v) is 6.77. The van der Waals surface area contributed by atoms with Crippen molar-refractivity contribution in [3.63, 3.8) is 0 Å². The van der Waals surface area contributed by atoms with Crippen molar-refractivity contribution in [2.75, 3.05) is 32.8 Å². The Kier molecular flexibility index (Phi) is 2.54. The molecule has 2 saturated heterocycles. The van der Waals surface area contributed by atoms with Crippen molar-refractivity contribution in [3.8, 4) is 0 Å². The molecule has 2 aliphatic heterocycles. The van der Waals surface area contributed by atoms with Crippen LogP contribution in [0.3, 0.4) is 0 Å². The fraction of sp³-hybridized carbons (Fsp3) is 1.00. The fourth-order valence-corrected chi connectivity index (χ4v) is 4.02. The van der Waals surface area contributed by atoms with E-state index in [1.165, 1.54) is 45.3 Å². The van der Waals surface area contributed by atoms with E-state index in [1.807, 2.05) is 0 Å². The average molecular weight is 224 g/mol.